The molecule has 0 radical (unpaired) electrons. The zero-order chi connectivity index (χ0) is 19.0. The average Bonchev–Trinajstić information content (AvgIpc) is 2.45. The van der Waals surface area contributed by atoms with Crippen molar-refractivity contribution in [2.24, 2.45) is 0 Å². The molecule has 2 aromatic rings. The Bertz CT molecular complexity index is 932. The van der Waals surface area contributed by atoms with Crippen LogP contribution in [0.15, 0.2) is 41.3 Å². The van der Waals surface area contributed by atoms with Gasteiger partial charge in [0, 0.05) is 5.56 Å². The molecule has 25 heavy (non-hydrogen) atoms. The van der Waals surface area contributed by atoms with Crippen LogP contribution in [0.4, 0.5) is 4.39 Å². The van der Waals surface area contributed by atoms with Crippen molar-refractivity contribution in [1.82, 2.24) is 4.13 Å². The number of hydrogen-bond donors (Lipinski definition) is 1. The third kappa shape index (κ3) is 4.74. The van der Waals surface area contributed by atoms with Crippen LogP contribution in [-0.2, 0) is 26.4 Å². The highest BCUT2D eigenvalue weighted by Crippen LogP contribution is 2.33. The van der Waals surface area contributed by atoms with E-state index in [-0.39, 0.29) is 16.1 Å². The number of aryl methyl sites for hydroxylation is 1. The van der Waals surface area contributed by atoms with Gasteiger partial charge in [-0.25, -0.2) is 17.0 Å². The fraction of sp³-hybridized carbons (Fsp3) is 0.333. The third-order valence-electron chi connectivity index (χ3n) is 3.75. The van der Waals surface area contributed by atoms with Crippen molar-refractivity contribution in [3.63, 3.8) is 0 Å². The fourth-order valence-corrected chi connectivity index (χ4v) is 4.41. The first-order chi connectivity index (χ1) is 11.4. The molecule has 0 aliphatic rings. The summed E-state index contributed by atoms with van der Waals surface area (Å²) in [5.74, 6) is -0.322. The molecule has 0 spiro atoms. The summed E-state index contributed by atoms with van der Waals surface area (Å²) in [6.45, 7) is 7.63. The second-order valence-electron chi connectivity index (χ2n) is 7.02. The monoisotopic (exact) mass is 383 g/mol. The van der Waals surface area contributed by atoms with Crippen molar-refractivity contribution in [1.29, 1.82) is 0 Å². The van der Waals surface area contributed by atoms with Crippen molar-refractivity contribution in [3.8, 4) is 11.1 Å². The van der Waals surface area contributed by atoms with Gasteiger partial charge in [-0.2, -0.15) is 0 Å². The highest BCUT2D eigenvalue weighted by atomic mass is 32.3. The SMILES string of the molecule is Cc1ccc(S(=O)NS(C)(=O)=O)cc1-c1cccc(C(C)(C)C)c1F. The van der Waals surface area contributed by atoms with E-state index in [1.165, 1.54) is 0 Å². The first kappa shape index (κ1) is 19.8. The van der Waals surface area contributed by atoms with Crippen LogP contribution in [0.5, 0.6) is 0 Å². The molecule has 0 fully saturated rings. The summed E-state index contributed by atoms with van der Waals surface area (Å²) in [6.07, 6.45) is 0.937. The Morgan fingerprint density at radius 2 is 1.72 bits per heavy atom. The minimum Gasteiger partial charge on any atom is -0.237 e. The first-order valence-electron chi connectivity index (χ1n) is 7.69. The molecule has 0 aliphatic heterocycles. The van der Waals surface area contributed by atoms with Gasteiger partial charge in [-0.05, 0) is 41.2 Å². The molecule has 1 unspecified atom stereocenters. The Morgan fingerprint density at radius 1 is 1.08 bits per heavy atom. The lowest BCUT2D eigenvalue weighted by Crippen LogP contribution is -2.24. The molecule has 0 aromatic heterocycles. The van der Waals surface area contributed by atoms with Crippen molar-refractivity contribution in [2.75, 3.05) is 6.26 Å². The van der Waals surface area contributed by atoms with Crippen molar-refractivity contribution >= 4 is 21.0 Å². The predicted octanol–water partition coefficient (Wildman–Crippen LogP) is 3.67. The van der Waals surface area contributed by atoms with E-state index < -0.39 is 21.0 Å². The molecule has 0 heterocycles. The smallest absolute Gasteiger partial charge is 0.220 e. The molecule has 2 aromatic carbocycles. The van der Waals surface area contributed by atoms with Gasteiger partial charge in [0.1, 0.15) is 16.8 Å². The van der Waals surface area contributed by atoms with Gasteiger partial charge in [0.2, 0.25) is 10.0 Å². The van der Waals surface area contributed by atoms with Crippen LogP contribution in [0.1, 0.15) is 31.9 Å². The lowest BCUT2D eigenvalue weighted by atomic mass is 9.84. The van der Waals surface area contributed by atoms with Gasteiger partial charge in [-0.3, -0.25) is 0 Å². The lowest BCUT2D eigenvalue weighted by Gasteiger charge is -2.21. The lowest BCUT2D eigenvalue weighted by molar-refractivity contribution is 0.525. The van der Waals surface area contributed by atoms with E-state index in [1.807, 2.05) is 31.8 Å². The van der Waals surface area contributed by atoms with Gasteiger partial charge in [0.15, 0.2) is 0 Å². The Labute approximate surface area is 151 Å². The van der Waals surface area contributed by atoms with Crippen LogP contribution in [0, 0.1) is 12.7 Å². The molecule has 1 N–H and O–H groups in total. The Morgan fingerprint density at radius 3 is 2.28 bits per heavy atom. The van der Waals surface area contributed by atoms with Crippen LogP contribution in [-0.4, -0.2) is 18.9 Å². The Balaban J connectivity index is 2.58. The summed E-state index contributed by atoms with van der Waals surface area (Å²) in [6, 6.07) is 10.0. The molecule has 0 aliphatic carbocycles. The molecule has 0 saturated carbocycles. The van der Waals surface area contributed by atoms with E-state index in [4.69, 9.17) is 0 Å². The van der Waals surface area contributed by atoms with Gasteiger partial charge in [0.05, 0.1) is 11.2 Å². The third-order valence-corrected chi connectivity index (χ3v) is 6.25. The normalized spacial score (nSPS) is 13.7. The molecule has 0 amide bonds. The largest absolute Gasteiger partial charge is 0.237 e. The summed E-state index contributed by atoms with van der Waals surface area (Å²) in [7, 11) is -5.55. The minimum atomic E-state index is -3.62. The molecule has 136 valence electrons. The number of rotatable bonds is 4. The molecule has 0 saturated heterocycles. The number of nitrogens with one attached hydrogen (secondary N) is 1. The molecule has 1 atom stereocenters. The highest BCUT2D eigenvalue weighted by Gasteiger charge is 2.22. The van der Waals surface area contributed by atoms with E-state index in [1.54, 1.807) is 36.4 Å². The van der Waals surface area contributed by atoms with Crippen molar-refractivity contribution < 1.29 is 17.0 Å². The maximum atomic E-state index is 15.1. The number of benzene rings is 2. The molecule has 7 heteroatoms. The van der Waals surface area contributed by atoms with E-state index >= 15 is 4.39 Å². The minimum absolute atomic E-state index is 0.270. The predicted molar refractivity (Wildman–Crippen MR) is 99.7 cm³/mol. The second-order valence-corrected chi connectivity index (χ2v) is 10.2. The van der Waals surface area contributed by atoms with Crippen molar-refractivity contribution in [2.45, 2.75) is 38.0 Å². The topological polar surface area (TPSA) is 63.2 Å². The summed E-state index contributed by atoms with van der Waals surface area (Å²) in [4.78, 5) is 0.270. The molecule has 4 nitrogen and oxygen atoms in total. The molecular formula is C18H22FNO3S2. The standard InChI is InChI=1S/C18H22FNO3S2/c1-12-9-10-13(24(21)20-25(5,22)23)11-15(12)14-7-6-8-16(17(14)19)18(2,3)4/h6-11,20H,1-5H3. The van der Waals surface area contributed by atoms with E-state index in [0.717, 1.165) is 11.8 Å². The van der Waals surface area contributed by atoms with Crippen LogP contribution < -0.4 is 4.13 Å². The molecule has 2 rings (SSSR count). The van der Waals surface area contributed by atoms with Crippen LogP contribution >= 0.6 is 0 Å². The van der Waals surface area contributed by atoms with Crippen LogP contribution in [0.3, 0.4) is 0 Å². The van der Waals surface area contributed by atoms with E-state index in [9.17, 15) is 12.6 Å². The zero-order valence-electron chi connectivity index (χ0n) is 14.9. The van der Waals surface area contributed by atoms with Gasteiger partial charge in [-0.1, -0.05) is 45.0 Å². The highest BCUT2D eigenvalue weighted by molar-refractivity contribution is 8.01. The summed E-state index contributed by atoms with van der Waals surface area (Å²) < 4.78 is 51.8. The Hall–Kier alpha value is -1.57. The average molecular weight is 384 g/mol. The van der Waals surface area contributed by atoms with Crippen LogP contribution in [0.2, 0.25) is 0 Å². The van der Waals surface area contributed by atoms with Crippen LogP contribution in [0.25, 0.3) is 11.1 Å². The van der Waals surface area contributed by atoms with E-state index in [0.29, 0.717) is 16.7 Å². The maximum absolute atomic E-state index is 15.1. The summed E-state index contributed by atoms with van der Waals surface area (Å²) in [5, 5.41) is 0. The van der Waals surface area contributed by atoms with Crippen molar-refractivity contribution in [3.05, 3.63) is 53.3 Å². The number of sulfonamides is 1. The molecular weight excluding hydrogens is 361 g/mol. The number of halogens is 1. The van der Waals surface area contributed by atoms with Gasteiger partial charge >= 0.3 is 0 Å². The van der Waals surface area contributed by atoms with E-state index in [2.05, 4.69) is 0 Å². The Kier molecular flexibility index (Phi) is 5.51. The maximum Gasteiger partial charge on any atom is 0.220 e. The first-order valence-corrected chi connectivity index (χ1v) is 10.7. The van der Waals surface area contributed by atoms with Gasteiger partial charge in [0.25, 0.3) is 0 Å². The van der Waals surface area contributed by atoms with Gasteiger partial charge < -0.3 is 0 Å². The molecule has 0 bridgehead atoms. The zero-order valence-corrected chi connectivity index (χ0v) is 16.5. The second kappa shape index (κ2) is 6.97. The summed E-state index contributed by atoms with van der Waals surface area (Å²) in [5.41, 5.74) is 2.04. The quantitative estimate of drug-likeness (QED) is 0.876. The number of hydrogen-bond acceptors (Lipinski definition) is 3. The fourth-order valence-electron chi connectivity index (χ4n) is 2.51. The summed E-state index contributed by atoms with van der Waals surface area (Å²) >= 11 is 0. The van der Waals surface area contributed by atoms with Gasteiger partial charge in [-0.15, -0.1) is 4.13 Å².